The summed E-state index contributed by atoms with van der Waals surface area (Å²) in [6.45, 7) is 3.00. The molecular formula is C16H23NO2. The van der Waals surface area contributed by atoms with Gasteiger partial charge in [0.25, 0.3) is 0 Å². The molecule has 19 heavy (non-hydrogen) atoms. The van der Waals surface area contributed by atoms with Crippen LogP contribution < -0.4 is 0 Å². The minimum Gasteiger partial charge on any atom is -0.282 e. The quantitative estimate of drug-likeness (QED) is 0.716. The van der Waals surface area contributed by atoms with Crippen molar-refractivity contribution in [2.75, 3.05) is 6.54 Å². The number of amides is 2. The second-order valence-electron chi connectivity index (χ2n) is 7.27. The molecular weight excluding hydrogens is 238 g/mol. The molecule has 0 spiro atoms. The molecule has 4 aliphatic rings. The molecule has 3 heteroatoms. The Kier molecular flexibility index (Phi) is 2.55. The number of hydrogen-bond donors (Lipinski definition) is 0. The van der Waals surface area contributed by atoms with E-state index in [0.717, 1.165) is 0 Å². The zero-order chi connectivity index (χ0) is 13.1. The largest absolute Gasteiger partial charge is 0.282 e. The van der Waals surface area contributed by atoms with Crippen molar-refractivity contribution in [2.24, 2.45) is 35.5 Å². The van der Waals surface area contributed by atoms with Crippen LogP contribution in [-0.2, 0) is 9.59 Å². The van der Waals surface area contributed by atoms with Crippen LogP contribution in [0.15, 0.2) is 0 Å². The molecule has 0 unspecified atom stereocenters. The SMILES string of the molecule is C[C@@H]1CCCC[C@H]1CN1C(=O)[C@@H]2[C@@H]3CC[C@@H]3[C@@H]2C1=O. The Balaban J connectivity index is 1.49. The molecule has 4 fully saturated rings. The van der Waals surface area contributed by atoms with Crippen LogP contribution in [0.3, 0.4) is 0 Å². The summed E-state index contributed by atoms with van der Waals surface area (Å²) >= 11 is 0. The van der Waals surface area contributed by atoms with Gasteiger partial charge in [-0.2, -0.15) is 0 Å². The standard InChI is InChI=1S/C16H23NO2/c1-9-4-2-3-5-10(9)8-17-15(18)13-11-6-7-12(11)14(13)16(17)19/h9-14H,2-8H2,1H3/t9-,10+,11-,12+,13-,14+/m1/s1. The fraction of sp³-hybridized carbons (Fsp3) is 0.875. The molecule has 1 aliphatic heterocycles. The Hall–Kier alpha value is -0.860. The van der Waals surface area contributed by atoms with Gasteiger partial charge in [0.15, 0.2) is 0 Å². The predicted octanol–water partition coefficient (Wildman–Crippen LogP) is 2.45. The Morgan fingerprint density at radius 2 is 1.53 bits per heavy atom. The first-order chi connectivity index (χ1) is 9.18. The maximum absolute atomic E-state index is 12.5. The van der Waals surface area contributed by atoms with Gasteiger partial charge < -0.3 is 0 Å². The number of nitrogens with zero attached hydrogens (tertiary/aromatic N) is 1. The van der Waals surface area contributed by atoms with Crippen LogP contribution in [0.4, 0.5) is 0 Å². The molecule has 3 saturated carbocycles. The highest BCUT2D eigenvalue weighted by Gasteiger charge is 2.67. The van der Waals surface area contributed by atoms with Crippen LogP contribution in [0.5, 0.6) is 0 Å². The highest BCUT2D eigenvalue weighted by atomic mass is 16.2. The summed E-state index contributed by atoms with van der Waals surface area (Å²) in [4.78, 5) is 26.6. The average Bonchev–Trinajstić information content (AvgIpc) is 2.56. The molecule has 1 heterocycles. The summed E-state index contributed by atoms with van der Waals surface area (Å²) < 4.78 is 0. The van der Waals surface area contributed by atoms with Gasteiger partial charge >= 0.3 is 0 Å². The van der Waals surface area contributed by atoms with Gasteiger partial charge in [-0.1, -0.05) is 26.2 Å². The number of imide groups is 1. The van der Waals surface area contributed by atoms with Crippen molar-refractivity contribution in [1.29, 1.82) is 0 Å². The van der Waals surface area contributed by atoms with Crippen molar-refractivity contribution in [3.8, 4) is 0 Å². The number of hydrogen-bond acceptors (Lipinski definition) is 2. The monoisotopic (exact) mass is 261 g/mol. The third-order valence-corrected chi connectivity index (χ3v) is 6.50. The highest BCUT2D eigenvalue weighted by molar-refractivity contribution is 6.07. The fourth-order valence-corrected chi connectivity index (χ4v) is 5.05. The maximum atomic E-state index is 12.5. The minimum atomic E-state index is 0.0881. The third kappa shape index (κ3) is 1.50. The molecule has 1 saturated heterocycles. The number of carbonyl (C=O) groups excluding carboxylic acids is 2. The van der Waals surface area contributed by atoms with Crippen LogP contribution >= 0.6 is 0 Å². The zero-order valence-electron chi connectivity index (χ0n) is 11.7. The van der Waals surface area contributed by atoms with Gasteiger partial charge in [0.2, 0.25) is 11.8 Å². The van der Waals surface area contributed by atoms with Gasteiger partial charge in [-0.05, 0) is 42.9 Å². The lowest BCUT2D eigenvalue weighted by atomic mass is 9.48. The van der Waals surface area contributed by atoms with Gasteiger partial charge in [0.1, 0.15) is 0 Å². The molecule has 4 rings (SSSR count). The predicted molar refractivity (Wildman–Crippen MR) is 71.0 cm³/mol. The van der Waals surface area contributed by atoms with Gasteiger partial charge in [-0.25, -0.2) is 0 Å². The lowest BCUT2D eigenvalue weighted by molar-refractivity contribution is -0.149. The zero-order valence-corrected chi connectivity index (χ0v) is 11.7. The van der Waals surface area contributed by atoms with Crippen molar-refractivity contribution in [1.82, 2.24) is 4.90 Å². The van der Waals surface area contributed by atoms with Crippen LogP contribution in [0.2, 0.25) is 0 Å². The van der Waals surface area contributed by atoms with E-state index in [1.807, 2.05) is 0 Å². The van der Waals surface area contributed by atoms with E-state index in [1.54, 1.807) is 4.90 Å². The van der Waals surface area contributed by atoms with Gasteiger partial charge in [-0.3, -0.25) is 14.5 Å². The van der Waals surface area contributed by atoms with Crippen molar-refractivity contribution < 1.29 is 9.59 Å². The van der Waals surface area contributed by atoms with Gasteiger partial charge in [0.05, 0.1) is 11.8 Å². The molecule has 2 amide bonds. The lowest BCUT2D eigenvalue weighted by Crippen LogP contribution is -2.54. The molecule has 6 atom stereocenters. The summed E-state index contributed by atoms with van der Waals surface area (Å²) in [5, 5.41) is 0. The average molecular weight is 261 g/mol. The molecule has 104 valence electrons. The maximum Gasteiger partial charge on any atom is 0.233 e. The molecule has 3 nitrogen and oxygen atoms in total. The number of likely N-dealkylation sites (tertiary alicyclic amines) is 1. The minimum absolute atomic E-state index is 0.0881. The summed E-state index contributed by atoms with van der Waals surface area (Å²) in [5.74, 6) is 2.88. The van der Waals surface area contributed by atoms with E-state index >= 15 is 0 Å². The van der Waals surface area contributed by atoms with E-state index in [-0.39, 0.29) is 23.7 Å². The van der Waals surface area contributed by atoms with Crippen molar-refractivity contribution in [3.63, 3.8) is 0 Å². The molecule has 0 bridgehead atoms. The van der Waals surface area contributed by atoms with E-state index < -0.39 is 0 Å². The molecule has 3 aliphatic carbocycles. The summed E-state index contributed by atoms with van der Waals surface area (Å²) in [7, 11) is 0. The van der Waals surface area contributed by atoms with Gasteiger partial charge in [0, 0.05) is 6.54 Å². The molecule has 0 radical (unpaired) electrons. The number of fused-ring (bicyclic) bond motifs is 4. The van der Waals surface area contributed by atoms with Crippen LogP contribution in [0.1, 0.15) is 45.4 Å². The first-order valence-electron chi connectivity index (χ1n) is 8.03. The van der Waals surface area contributed by atoms with Crippen LogP contribution in [0, 0.1) is 35.5 Å². The smallest absolute Gasteiger partial charge is 0.233 e. The molecule has 0 N–H and O–H groups in total. The Morgan fingerprint density at radius 1 is 0.947 bits per heavy atom. The Labute approximate surface area is 114 Å². The summed E-state index contributed by atoms with van der Waals surface area (Å²) in [6, 6.07) is 0. The molecule has 0 aromatic carbocycles. The highest BCUT2D eigenvalue weighted by Crippen LogP contribution is 2.62. The Morgan fingerprint density at radius 3 is 2.05 bits per heavy atom. The van der Waals surface area contributed by atoms with Crippen LogP contribution in [-0.4, -0.2) is 23.3 Å². The lowest BCUT2D eigenvalue weighted by Gasteiger charge is -2.53. The van der Waals surface area contributed by atoms with Crippen LogP contribution in [0.25, 0.3) is 0 Å². The molecule has 0 aromatic rings. The van der Waals surface area contributed by atoms with Crippen molar-refractivity contribution in [3.05, 3.63) is 0 Å². The second-order valence-corrected chi connectivity index (χ2v) is 7.27. The molecule has 0 aromatic heterocycles. The van der Waals surface area contributed by atoms with Crippen molar-refractivity contribution in [2.45, 2.75) is 45.4 Å². The third-order valence-electron chi connectivity index (χ3n) is 6.50. The van der Waals surface area contributed by atoms with E-state index in [2.05, 4.69) is 6.92 Å². The van der Waals surface area contributed by atoms with E-state index in [0.29, 0.717) is 30.2 Å². The first kappa shape index (κ1) is 11.9. The van der Waals surface area contributed by atoms with E-state index in [4.69, 9.17) is 0 Å². The summed E-state index contributed by atoms with van der Waals surface area (Å²) in [5.41, 5.74) is 0. The van der Waals surface area contributed by atoms with Crippen molar-refractivity contribution >= 4 is 11.8 Å². The van der Waals surface area contributed by atoms with Gasteiger partial charge in [-0.15, -0.1) is 0 Å². The van der Waals surface area contributed by atoms with E-state index in [1.165, 1.54) is 38.5 Å². The Bertz CT molecular complexity index is 404. The number of carbonyl (C=O) groups is 2. The normalized spacial score (nSPS) is 48.4. The second kappa shape index (κ2) is 4.07. The van der Waals surface area contributed by atoms with E-state index in [9.17, 15) is 9.59 Å². The first-order valence-corrected chi connectivity index (χ1v) is 8.03. The fourth-order valence-electron chi connectivity index (χ4n) is 5.05. The topological polar surface area (TPSA) is 37.4 Å². The summed E-state index contributed by atoms with van der Waals surface area (Å²) in [6.07, 6.45) is 7.40. The number of rotatable bonds is 2.